The number of carboxylic acids is 1. The molecule has 1 aliphatic rings. The van der Waals surface area contributed by atoms with Crippen molar-refractivity contribution in [3.05, 3.63) is 29.8 Å². The molecule has 0 aromatic heterocycles. The minimum absolute atomic E-state index is 0.0975. The molecule has 1 fully saturated rings. The lowest BCUT2D eigenvalue weighted by Gasteiger charge is -2.38. The normalized spacial score (nSPS) is 25.4. The standard InChI is InChI=1S/C15H21NO3/c1-3-15(14(18)19)9-6-10-16(15)11(2)12-7-4-5-8-13(12)17/h4-5,7-8,11,17H,3,6,9-10H2,1-2H3,(H,18,19). The average Bonchev–Trinajstić information content (AvgIpc) is 2.83. The number of carboxylic acid groups (broad SMARTS) is 1. The van der Waals surface area contributed by atoms with Gasteiger partial charge in [0.15, 0.2) is 0 Å². The highest BCUT2D eigenvalue weighted by Gasteiger charge is 2.48. The van der Waals surface area contributed by atoms with Crippen LogP contribution in [-0.2, 0) is 4.79 Å². The van der Waals surface area contributed by atoms with Gasteiger partial charge in [0.05, 0.1) is 0 Å². The maximum absolute atomic E-state index is 11.7. The Morgan fingerprint density at radius 2 is 2.16 bits per heavy atom. The van der Waals surface area contributed by atoms with Crippen molar-refractivity contribution in [3.8, 4) is 5.75 Å². The molecule has 2 unspecified atom stereocenters. The van der Waals surface area contributed by atoms with Crippen molar-refractivity contribution in [1.82, 2.24) is 4.90 Å². The number of rotatable bonds is 4. The van der Waals surface area contributed by atoms with Crippen LogP contribution in [0.5, 0.6) is 5.75 Å². The molecule has 1 aliphatic heterocycles. The van der Waals surface area contributed by atoms with E-state index in [1.807, 2.05) is 30.9 Å². The van der Waals surface area contributed by atoms with Crippen LogP contribution < -0.4 is 0 Å². The highest BCUT2D eigenvalue weighted by molar-refractivity contribution is 5.79. The van der Waals surface area contributed by atoms with Crippen LogP contribution in [0.25, 0.3) is 0 Å². The summed E-state index contributed by atoms with van der Waals surface area (Å²) < 4.78 is 0. The molecule has 104 valence electrons. The van der Waals surface area contributed by atoms with Gasteiger partial charge in [0.25, 0.3) is 0 Å². The van der Waals surface area contributed by atoms with Crippen molar-refractivity contribution in [2.24, 2.45) is 0 Å². The molecular formula is C15H21NO3. The van der Waals surface area contributed by atoms with Crippen LogP contribution in [0, 0.1) is 0 Å². The number of hydrogen-bond donors (Lipinski definition) is 2. The quantitative estimate of drug-likeness (QED) is 0.877. The van der Waals surface area contributed by atoms with Crippen molar-refractivity contribution in [1.29, 1.82) is 0 Å². The summed E-state index contributed by atoms with van der Waals surface area (Å²) in [5.74, 6) is -0.521. The lowest BCUT2D eigenvalue weighted by Crippen LogP contribution is -2.50. The second-order valence-electron chi connectivity index (χ2n) is 5.22. The molecule has 1 saturated heterocycles. The molecule has 1 aromatic rings. The predicted molar refractivity (Wildman–Crippen MR) is 73.1 cm³/mol. The molecule has 0 bridgehead atoms. The molecule has 2 N–H and O–H groups in total. The fraction of sp³-hybridized carbons (Fsp3) is 0.533. The Kier molecular flexibility index (Phi) is 3.80. The molecule has 0 spiro atoms. The first kappa shape index (κ1) is 13.9. The number of likely N-dealkylation sites (tertiary alicyclic amines) is 1. The van der Waals surface area contributed by atoms with Crippen LogP contribution in [0.15, 0.2) is 24.3 Å². The van der Waals surface area contributed by atoms with Crippen molar-refractivity contribution in [2.45, 2.75) is 44.7 Å². The highest BCUT2D eigenvalue weighted by atomic mass is 16.4. The molecule has 2 rings (SSSR count). The maximum Gasteiger partial charge on any atom is 0.324 e. The van der Waals surface area contributed by atoms with Gasteiger partial charge in [0, 0.05) is 11.6 Å². The highest BCUT2D eigenvalue weighted by Crippen LogP contribution is 2.41. The van der Waals surface area contributed by atoms with Gasteiger partial charge in [-0.05, 0) is 38.8 Å². The first-order valence-electron chi connectivity index (χ1n) is 6.81. The Labute approximate surface area is 113 Å². The van der Waals surface area contributed by atoms with E-state index >= 15 is 0 Å². The predicted octanol–water partition coefficient (Wildman–Crippen LogP) is 2.78. The van der Waals surface area contributed by atoms with E-state index in [0.29, 0.717) is 12.8 Å². The van der Waals surface area contributed by atoms with Crippen LogP contribution in [0.4, 0.5) is 0 Å². The Morgan fingerprint density at radius 3 is 2.74 bits per heavy atom. The van der Waals surface area contributed by atoms with Gasteiger partial charge in [-0.3, -0.25) is 9.69 Å². The van der Waals surface area contributed by atoms with E-state index in [1.54, 1.807) is 12.1 Å². The number of phenols is 1. The zero-order valence-corrected chi connectivity index (χ0v) is 11.5. The van der Waals surface area contributed by atoms with Crippen LogP contribution >= 0.6 is 0 Å². The van der Waals surface area contributed by atoms with Crippen molar-refractivity contribution >= 4 is 5.97 Å². The number of hydrogen-bond acceptors (Lipinski definition) is 3. The fourth-order valence-corrected chi connectivity index (χ4v) is 3.23. The molecule has 0 amide bonds. The third-order valence-electron chi connectivity index (χ3n) is 4.38. The summed E-state index contributed by atoms with van der Waals surface area (Å²) >= 11 is 0. The summed E-state index contributed by atoms with van der Waals surface area (Å²) in [6, 6.07) is 7.06. The molecule has 0 radical (unpaired) electrons. The van der Waals surface area contributed by atoms with Gasteiger partial charge in [-0.2, -0.15) is 0 Å². The summed E-state index contributed by atoms with van der Waals surface area (Å²) in [5.41, 5.74) is 0.00490. The summed E-state index contributed by atoms with van der Waals surface area (Å²) in [7, 11) is 0. The van der Waals surface area contributed by atoms with Crippen molar-refractivity contribution < 1.29 is 15.0 Å². The summed E-state index contributed by atoms with van der Waals surface area (Å²) in [5, 5.41) is 19.5. The smallest absolute Gasteiger partial charge is 0.324 e. The van der Waals surface area contributed by atoms with E-state index in [9.17, 15) is 15.0 Å². The molecule has 0 aliphatic carbocycles. The van der Waals surface area contributed by atoms with E-state index in [4.69, 9.17) is 0 Å². The maximum atomic E-state index is 11.7. The monoisotopic (exact) mass is 263 g/mol. The van der Waals surface area contributed by atoms with Gasteiger partial charge in [-0.25, -0.2) is 0 Å². The topological polar surface area (TPSA) is 60.8 Å². The van der Waals surface area contributed by atoms with Gasteiger partial charge < -0.3 is 10.2 Å². The lowest BCUT2D eigenvalue weighted by molar-refractivity contribution is -0.151. The van der Waals surface area contributed by atoms with E-state index < -0.39 is 11.5 Å². The number of benzene rings is 1. The van der Waals surface area contributed by atoms with E-state index in [1.165, 1.54) is 0 Å². The van der Waals surface area contributed by atoms with Crippen LogP contribution in [-0.4, -0.2) is 33.2 Å². The van der Waals surface area contributed by atoms with Crippen LogP contribution in [0.1, 0.15) is 44.7 Å². The Balaban J connectivity index is 2.35. The minimum atomic E-state index is -0.790. The lowest BCUT2D eigenvalue weighted by atomic mass is 9.90. The van der Waals surface area contributed by atoms with Gasteiger partial charge in [-0.15, -0.1) is 0 Å². The van der Waals surface area contributed by atoms with Gasteiger partial charge in [-0.1, -0.05) is 25.1 Å². The first-order valence-corrected chi connectivity index (χ1v) is 6.81. The van der Waals surface area contributed by atoms with E-state index in [2.05, 4.69) is 0 Å². The average molecular weight is 263 g/mol. The second-order valence-corrected chi connectivity index (χ2v) is 5.22. The van der Waals surface area contributed by atoms with Crippen molar-refractivity contribution in [3.63, 3.8) is 0 Å². The summed E-state index contributed by atoms with van der Waals surface area (Å²) in [6.45, 7) is 4.65. The number of aromatic hydroxyl groups is 1. The largest absolute Gasteiger partial charge is 0.508 e. The van der Waals surface area contributed by atoms with E-state index in [0.717, 1.165) is 18.5 Å². The number of aliphatic carboxylic acids is 1. The fourth-order valence-electron chi connectivity index (χ4n) is 3.23. The third kappa shape index (κ3) is 2.21. The first-order chi connectivity index (χ1) is 9.03. The Morgan fingerprint density at radius 1 is 1.47 bits per heavy atom. The van der Waals surface area contributed by atoms with Gasteiger partial charge in [0.1, 0.15) is 11.3 Å². The number of carbonyl (C=O) groups is 1. The van der Waals surface area contributed by atoms with Crippen LogP contribution in [0.2, 0.25) is 0 Å². The zero-order chi connectivity index (χ0) is 14.0. The molecule has 0 saturated carbocycles. The van der Waals surface area contributed by atoms with Gasteiger partial charge >= 0.3 is 5.97 Å². The number of nitrogens with zero attached hydrogens (tertiary/aromatic N) is 1. The third-order valence-corrected chi connectivity index (χ3v) is 4.38. The van der Waals surface area contributed by atoms with Crippen molar-refractivity contribution in [2.75, 3.05) is 6.54 Å². The SMILES string of the molecule is CCC1(C(=O)O)CCCN1C(C)c1ccccc1O. The molecule has 1 aromatic carbocycles. The molecule has 4 nitrogen and oxygen atoms in total. The minimum Gasteiger partial charge on any atom is -0.508 e. The zero-order valence-electron chi connectivity index (χ0n) is 11.5. The van der Waals surface area contributed by atoms with Gasteiger partial charge in [0.2, 0.25) is 0 Å². The Bertz CT molecular complexity index is 474. The van der Waals surface area contributed by atoms with E-state index in [-0.39, 0.29) is 11.8 Å². The molecule has 2 atom stereocenters. The Hall–Kier alpha value is -1.55. The number of para-hydroxylation sites is 1. The molecule has 19 heavy (non-hydrogen) atoms. The summed E-state index contributed by atoms with van der Waals surface area (Å²) in [4.78, 5) is 13.7. The molecule has 4 heteroatoms. The summed E-state index contributed by atoms with van der Waals surface area (Å²) in [6.07, 6.45) is 2.15. The number of phenolic OH excluding ortho intramolecular Hbond substituents is 1. The second kappa shape index (κ2) is 5.21. The molecule has 1 heterocycles. The van der Waals surface area contributed by atoms with Crippen LogP contribution in [0.3, 0.4) is 0 Å². The molecular weight excluding hydrogens is 242 g/mol.